The van der Waals surface area contributed by atoms with Crippen LogP contribution in [0.1, 0.15) is 23.7 Å². The lowest BCUT2D eigenvalue weighted by Crippen LogP contribution is -2.61. The number of benzene rings is 1. The van der Waals surface area contributed by atoms with Gasteiger partial charge in [0, 0.05) is 17.7 Å². The molecule has 0 fully saturated rings. The van der Waals surface area contributed by atoms with E-state index < -0.39 is 30.5 Å². The molecule has 0 aromatic heterocycles. The summed E-state index contributed by atoms with van der Waals surface area (Å²) in [7, 11) is 0. The highest BCUT2D eigenvalue weighted by atomic mass is 19.4. The van der Waals surface area contributed by atoms with Gasteiger partial charge in [0.15, 0.2) is 0 Å². The van der Waals surface area contributed by atoms with Crippen LogP contribution in [-0.2, 0) is 4.74 Å². The molecular formula is C13H11F5N2O4. The minimum absolute atomic E-state index is 0.152. The first-order valence-electron chi connectivity index (χ1n) is 6.40. The van der Waals surface area contributed by atoms with Crippen molar-refractivity contribution in [2.45, 2.75) is 31.5 Å². The first-order chi connectivity index (χ1) is 10.9. The highest BCUT2D eigenvalue weighted by Crippen LogP contribution is 2.43. The van der Waals surface area contributed by atoms with Crippen LogP contribution in [0.3, 0.4) is 0 Å². The molecule has 1 aromatic carbocycles. The molecule has 0 aliphatic carbocycles. The zero-order valence-electron chi connectivity index (χ0n) is 12.0. The first kappa shape index (κ1) is 18.1. The number of carbonyl (C=O) groups excluding carboxylic acids is 1. The van der Waals surface area contributed by atoms with Gasteiger partial charge in [-0.3, -0.25) is 4.79 Å². The largest absolute Gasteiger partial charge is 0.527 e. The molecule has 2 N–H and O–H groups in total. The standard InChI is InChI=1S/C13H11F5N2O4/c1-7-6-11(23,12(14,15)24-13(16,17)18)20(19-7)10(22)8-2-4-9(21)5-3-8/h2-5,21,23H,6H2,1H3/t11-/m0/s1. The average molecular weight is 354 g/mol. The van der Waals surface area contributed by atoms with Crippen molar-refractivity contribution in [3.63, 3.8) is 0 Å². The molecule has 132 valence electrons. The van der Waals surface area contributed by atoms with Crippen molar-refractivity contribution in [3.05, 3.63) is 29.8 Å². The van der Waals surface area contributed by atoms with Gasteiger partial charge in [-0.15, -0.1) is 13.2 Å². The van der Waals surface area contributed by atoms with Crippen LogP contribution in [0.2, 0.25) is 0 Å². The smallest absolute Gasteiger partial charge is 0.508 e. The number of phenols is 1. The van der Waals surface area contributed by atoms with Crippen molar-refractivity contribution >= 4 is 11.6 Å². The van der Waals surface area contributed by atoms with Crippen molar-refractivity contribution < 1.29 is 41.7 Å². The van der Waals surface area contributed by atoms with Crippen LogP contribution in [0.15, 0.2) is 29.4 Å². The Balaban J connectivity index is 2.39. The van der Waals surface area contributed by atoms with Gasteiger partial charge >= 0.3 is 12.5 Å². The molecule has 1 heterocycles. The lowest BCUT2D eigenvalue weighted by Gasteiger charge is -2.36. The van der Waals surface area contributed by atoms with Crippen molar-refractivity contribution in [3.8, 4) is 5.75 Å². The fraction of sp³-hybridized carbons (Fsp3) is 0.385. The summed E-state index contributed by atoms with van der Waals surface area (Å²) in [5.41, 5.74) is -4.13. The van der Waals surface area contributed by atoms with Crippen molar-refractivity contribution in [1.82, 2.24) is 5.01 Å². The zero-order valence-corrected chi connectivity index (χ0v) is 12.0. The second-order valence-electron chi connectivity index (χ2n) is 5.06. The van der Waals surface area contributed by atoms with Crippen LogP contribution in [-0.4, -0.2) is 45.0 Å². The molecule has 1 amide bonds. The number of amides is 1. The van der Waals surface area contributed by atoms with Gasteiger partial charge < -0.3 is 10.2 Å². The number of ether oxygens (including phenoxy) is 1. The molecule has 11 heteroatoms. The van der Waals surface area contributed by atoms with Gasteiger partial charge in [0.25, 0.3) is 11.6 Å². The number of hydrazone groups is 1. The molecule has 1 aromatic rings. The minimum Gasteiger partial charge on any atom is -0.508 e. The lowest BCUT2D eigenvalue weighted by molar-refractivity contribution is -0.468. The number of nitrogens with zero attached hydrogens (tertiary/aromatic N) is 2. The second kappa shape index (κ2) is 5.67. The van der Waals surface area contributed by atoms with E-state index in [2.05, 4.69) is 9.84 Å². The summed E-state index contributed by atoms with van der Waals surface area (Å²) >= 11 is 0. The number of aliphatic hydroxyl groups is 1. The van der Waals surface area contributed by atoms with E-state index in [1.165, 1.54) is 0 Å². The van der Waals surface area contributed by atoms with E-state index in [0.29, 0.717) is 0 Å². The third-order valence-corrected chi connectivity index (χ3v) is 3.14. The molecule has 2 rings (SSSR count). The molecule has 1 aliphatic heterocycles. The zero-order chi connectivity index (χ0) is 18.3. The summed E-state index contributed by atoms with van der Waals surface area (Å²) < 4.78 is 67.0. The monoisotopic (exact) mass is 354 g/mol. The summed E-state index contributed by atoms with van der Waals surface area (Å²) in [6, 6.07) is 4.18. The van der Waals surface area contributed by atoms with Gasteiger partial charge in [0.1, 0.15) is 5.75 Å². The van der Waals surface area contributed by atoms with E-state index >= 15 is 0 Å². The van der Waals surface area contributed by atoms with E-state index in [9.17, 15) is 31.9 Å². The Hall–Kier alpha value is -2.27. The molecule has 1 aliphatic rings. The molecular weight excluding hydrogens is 343 g/mol. The number of carbonyl (C=O) groups is 1. The van der Waals surface area contributed by atoms with Gasteiger partial charge in [-0.2, -0.15) is 18.9 Å². The summed E-state index contributed by atoms with van der Waals surface area (Å²) in [6.07, 6.45) is -12.0. The van der Waals surface area contributed by atoms with E-state index in [0.717, 1.165) is 31.2 Å². The Kier molecular flexibility index (Phi) is 4.27. The third kappa shape index (κ3) is 3.31. The number of alkyl halides is 5. The molecule has 0 saturated heterocycles. The summed E-state index contributed by atoms with van der Waals surface area (Å²) in [4.78, 5) is 12.2. The molecule has 0 radical (unpaired) electrons. The lowest BCUT2D eigenvalue weighted by atomic mass is 10.1. The van der Waals surface area contributed by atoms with Crippen LogP contribution in [0, 0.1) is 0 Å². The first-order valence-corrected chi connectivity index (χ1v) is 6.40. The third-order valence-electron chi connectivity index (χ3n) is 3.14. The minimum atomic E-state index is -5.75. The van der Waals surface area contributed by atoms with E-state index in [-0.39, 0.29) is 22.0 Å². The molecule has 1 atom stereocenters. The fourth-order valence-corrected chi connectivity index (χ4v) is 2.11. The van der Waals surface area contributed by atoms with Gasteiger partial charge in [0.05, 0.1) is 0 Å². The molecule has 24 heavy (non-hydrogen) atoms. The highest BCUT2D eigenvalue weighted by molar-refractivity contribution is 5.97. The molecule has 0 spiro atoms. The Bertz CT molecular complexity index is 674. The molecule has 6 nitrogen and oxygen atoms in total. The van der Waals surface area contributed by atoms with E-state index in [1.807, 2.05) is 0 Å². The van der Waals surface area contributed by atoms with E-state index in [4.69, 9.17) is 5.11 Å². The topological polar surface area (TPSA) is 82.4 Å². The van der Waals surface area contributed by atoms with Crippen molar-refractivity contribution in [1.29, 1.82) is 0 Å². The van der Waals surface area contributed by atoms with Crippen LogP contribution in [0.25, 0.3) is 0 Å². The van der Waals surface area contributed by atoms with Crippen molar-refractivity contribution in [2.24, 2.45) is 5.10 Å². The highest BCUT2D eigenvalue weighted by Gasteiger charge is 2.66. The maximum Gasteiger partial charge on any atom is 0.527 e. The Morgan fingerprint density at radius 2 is 1.79 bits per heavy atom. The summed E-state index contributed by atoms with van der Waals surface area (Å²) in [5, 5.41) is 22.4. The van der Waals surface area contributed by atoms with Gasteiger partial charge in [-0.25, -0.2) is 4.74 Å². The number of phenolic OH excluding ortho intramolecular Hbond substituents is 1. The number of rotatable bonds is 3. The maximum atomic E-state index is 13.9. The van der Waals surface area contributed by atoms with Crippen molar-refractivity contribution in [2.75, 3.05) is 0 Å². The predicted octanol–water partition coefficient (Wildman–Crippen LogP) is 2.43. The molecule has 0 unspecified atom stereocenters. The average Bonchev–Trinajstić information content (AvgIpc) is 2.73. The fourth-order valence-electron chi connectivity index (χ4n) is 2.11. The van der Waals surface area contributed by atoms with Crippen LogP contribution < -0.4 is 0 Å². The van der Waals surface area contributed by atoms with Crippen LogP contribution >= 0.6 is 0 Å². The number of halogens is 5. The second-order valence-corrected chi connectivity index (χ2v) is 5.06. The Labute approximate surface area is 131 Å². The summed E-state index contributed by atoms with van der Waals surface area (Å²) in [6.45, 7) is 1.15. The SMILES string of the molecule is CC1=NN(C(=O)c2ccc(O)cc2)[C@@](O)(C(F)(F)OC(F)(F)F)C1. The molecule has 0 bridgehead atoms. The Morgan fingerprint density at radius 3 is 2.29 bits per heavy atom. The van der Waals surface area contributed by atoms with Crippen LogP contribution in [0.4, 0.5) is 22.0 Å². The normalized spacial score (nSPS) is 21.8. The Morgan fingerprint density at radius 1 is 1.25 bits per heavy atom. The van der Waals surface area contributed by atoms with E-state index in [1.54, 1.807) is 0 Å². The predicted molar refractivity (Wildman–Crippen MR) is 69.0 cm³/mol. The maximum absolute atomic E-state index is 13.9. The van der Waals surface area contributed by atoms with Crippen LogP contribution in [0.5, 0.6) is 5.75 Å². The van der Waals surface area contributed by atoms with Gasteiger partial charge in [-0.05, 0) is 31.2 Å². The quantitative estimate of drug-likeness (QED) is 0.817. The summed E-state index contributed by atoms with van der Waals surface area (Å²) in [5.74, 6) is -1.52. The van der Waals surface area contributed by atoms with Gasteiger partial charge in [0.2, 0.25) is 0 Å². The number of hydrogen-bond acceptors (Lipinski definition) is 5. The number of aromatic hydroxyl groups is 1. The molecule has 0 saturated carbocycles. The van der Waals surface area contributed by atoms with Gasteiger partial charge in [-0.1, -0.05) is 0 Å². The number of hydrogen-bond donors (Lipinski definition) is 2.